The van der Waals surface area contributed by atoms with Gasteiger partial charge in [0.2, 0.25) is 5.91 Å². The first kappa shape index (κ1) is 22.1. The highest BCUT2D eigenvalue weighted by atomic mass is 16.5. The molecule has 7 heteroatoms. The van der Waals surface area contributed by atoms with Crippen molar-refractivity contribution in [2.45, 2.75) is 26.0 Å². The molecule has 4 rings (SSSR count). The van der Waals surface area contributed by atoms with Gasteiger partial charge in [-0.1, -0.05) is 54.6 Å². The van der Waals surface area contributed by atoms with Crippen LogP contribution >= 0.6 is 0 Å². The summed E-state index contributed by atoms with van der Waals surface area (Å²) in [5, 5.41) is 5.75. The molecule has 1 aliphatic rings. The molecular weight excluding hydrogens is 418 g/mol. The molecule has 1 aliphatic heterocycles. The van der Waals surface area contributed by atoms with Crippen molar-refractivity contribution in [1.29, 1.82) is 0 Å². The van der Waals surface area contributed by atoms with Crippen molar-refractivity contribution >= 4 is 29.1 Å². The predicted molar refractivity (Wildman–Crippen MR) is 126 cm³/mol. The fraction of sp³-hybridized carbons (Fsp3) is 0.192. The lowest BCUT2D eigenvalue weighted by atomic mass is 10.1. The Kier molecular flexibility index (Phi) is 6.40. The van der Waals surface area contributed by atoms with Gasteiger partial charge in [-0.05, 0) is 43.7 Å². The summed E-state index contributed by atoms with van der Waals surface area (Å²) in [6.07, 6.45) is -0.690. The normalized spacial score (nSPS) is 15.8. The Bertz CT molecular complexity index is 1180. The minimum atomic E-state index is -0.690. The largest absolute Gasteiger partial charge is 0.479 e. The summed E-state index contributed by atoms with van der Waals surface area (Å²) in [5.41, 5.74) is 2.24. The lowest BCUT2D eigenvalue weighted by Crippen LogP contribution is -2.47. The van der Waals surface area contributed by atoms with E-state index in [1.54, 1.807) is 49.4 Å². The third-order valence-electron chi connectivity index (χ3n) is 5.47. The maximum Gasteiger partial charge on any atom is 0.268 e. The SMILES string of the molecule is CC1Oc2ccccc2N(CC(=O)Nc2ccccc2C(=O)NC(C)c2ccccc2)C1=O. The topological polar surface area (TPSA) is 87.7 Å². The van der Waals surface area contributed by atoms with Gasteiger partial charge in [-0.25, -0.2) is 0 Å². The summed E-state index contributed by atoms with van der Waals surface area (Å²) in [5.74, 6) is -0.467. The highest BCUT2D eigenvalue weighted by Crippen LogP contribution is 2.33. The second-order valence-electron chi connectivity index (χ2n) is 7.85. The van der Waals surface area contributed by atoms with Gasteiger partial charge in [0.1, 0.15) is 12.3 Å². The number of anilines is 2. The summed E-state index contributed by atoms with van der Waals surface area (Å²) in [4.78, 5) is 39.9. The standard InChI is InChI=1S/C26H25N3O4/c1-17(19-10-4-3-5-11-19)27-25(31)20-12-6-7-13-21(20)28-24(30)16-29-22-14-8-9-15-23(22)33-18(2)26(29)32/h3-15,17-18H,16H2,1-2H3,(H,27,31)(H,28,30). The van der Waals surface area contributed by atoms with Crippen LogP contribution in [0.5, 0.6) is 5.75 Å². The lowest BCUT2D eigenvalue weighted by Gasteiger charge is -2.32. The van der Waals surface area contributed by atoms with Crippen LogP contribution in [0.1, 0.15) is 35.8 Å². The number of benzene rings is 3. The molecule has 0 aliphatic carbocycles. The quantitative estimate of drug-likeness (QED) is 0.604. The Hall–Kier alpha value is -4.13. The number of nitrogens with zero attached hydrogens (tertiary/aromatic N) is 1. The van der Waals surface area contributed by atoms with Gasteiger partial charge in [-0.3, -0.25) is 19.3 Å². The molecule has 0 aromatic heterocycles. The van der Waals surface area contributed by atoms with Crippen molar-refractivity contribution in [3.05, 3.63) is 90.0 Å². The van der Waals surface area contributed by atoms with E-state index in [1.165, 1.54) is 4.90 Å². The van der Waals surface area contributed by atoms with Crippen LogP contribution in [0.4, 0.5) is 11.4 Å². The maximum absolute atomic E-state index is 12.9. The number of carbonyl (C=O) groups is 3. The molecule has 0 fully saturated rings. The van der Waals surface area contributed by atoms with Gasteiger partial charge < -0.3 is 15.4 Å². The monoisotopic (exact) mass is 443 g/mol. The van der Waals surface area contributed by atoms with Crippen LogP contribution < -0.4 is 20.3 Å². The Balaban J connectivity index is 1.48. The molecule has 0 radical (unpaired) electrons. The number of ether oxygens (including phenoxy) is 1. The van der Waals surface area contributed by atoms with Gasteiger partial charge in [0.25, 0.3) is 11.8 Å². The number of hydrogen-bond donors (Lipinski definition) is 2. The molecule has 2 unspecified atom stereocenters. The van der Waals surface area contributed by atoms with Crippen molar-refractivity contribution in [1.82, 2.24) is 5.32 Å². The summed E-state index contributed by atoms with van der Waals surface area (Å²) < 4.78 is 5.62. The number of amides is 3. The van der Waals surface area contributed by atoms with Crippen LogP contribution in [0.3, 0.4) is 0 Å². The van der Waals surface area contributed by atoms with E-state index in [0.29, 0.717) is 22.7 Å². The molecule has 1 heterocycles. The first-order valence-corrected chi connectivity index (χ1v) is 10.8. The summed E-state index contributed by atoms with van der Waals surface area (Å²) in [6, 6.07) is 23.3. The predicted octanol–water partition coefficient (Wildman–Crippen LogP) is 3.93. The molecule has 168 valence electrons. The molecular formula is C26H25N3O4. The molecule has 3 amide bonds. The summed E-state index contributed by atoms with van der Waals surface area (Å²) >= 11 is 0. The summed E-state index contributed by atoms with van der Waals surface area (Å²) in [6.45, 7) is 3.35. The van der Waals surface area contributed by atoms with Gasteiger partial charge in [-0.15, -0.1) is 0 Å². The van der Waals surface area contributed by atoms with E-state index >= 15 is 0 Å². The van der Waals surface area contributed by atoms with Gasteiger partial charge in [0.05, 0.1) is 23.0 Å². The second kappa shape index (κ2) is 9.56. The molecule has 0 saturated heterocycles. The van der Waals surface area contributed by atoms with Gasteiger partial charge in [0.15, 0.2) is 6.10 Å². The van der Waals surface area contributed by atoms with Gasteiger partial charge >= 0.3 is 0 Å². The molecule has 0 spiro atoms. The highest BCUT2D eigenvalue weighted by molar-refractivity contribution is 6.08. The molecule has 7 nitrogen and oxygen atoms in total. The van der Waals surface area contributed by atoms with Crippen molar-refractivity contribution < 1.29 is 19.1 Å². The van der Waals surface area contributed by atoms with Gasteiger partial charge in [0, 0.05) is 0 Å². The molecule has 3 aromatic carbocycles. The van der Waals surface area contributed by atoms with Gasteiger partial charge in [-0.2, -0.15) is 0 Å². The zero-order valence-corrected chi connectivity index (χ0v) is 18.4. The third kappa shape index (κ3) is 4.87. The van der Waals surface area contributed by atoms with E-state index in [-0.39, 0.29) is 24.4 Å². The van der Waals surface area contributed by atoms with Crippen LogP contribution in [0, 0.1) is 0 Å². The minimum Gasteiger partial charge on any atom is -0.479 e. The average Bonchev–Trinajstić information content (AvgIpc) is 2.82. The Morgan fingerprint density at radius 2 is 1.64 bits per heavy atom. The Morgan fingerprint density at radius 1 is 0.970 bits per heavy atom. The Morgan fingerprint density at radius 3 is 2.42 bits per heavy atom. The average molecular weight is 444 g/mol. The van der Waals surface area contributed by atoms with E-state index in [4.69, 9.17) is 4.74 Å². The molecule has 3 aromatic rings. The number of carbonyl (C=O) groups excluding carboxylic acids is 3. The molecule has 2 atom stereocenters. The first-order chi connectivity index (χ1) is 15.9. The molecule has 33 heavy (non-hydrogen) atoms. The zero-order valence-electron chi connectivity index (χ0n) is 18.4. The zero-order chi connectivity index (χ0) is 23.4. The van der Waals surface area contributed by atoms with E-state index in [9.17, 15) is 14.4 Å². The molecule has 2 N–H and O–H groups in total. The van der Waals surface area contributed by atoms with Crippen LogP contribution in [0.15, 0.2) is 78.9 Å². The fourth-order valence-electron chi connectivity index (χ4n) is 3.74. The van der Waals surface area contributed by atoms with Crippen molar-refractivity contribution in [2.75, 3.05) is 16.8 Å². The molecule has 0 bridgehead atoms. The van der Waals surface area contributed by atoms with Crippen LogP contribution in [-0.4, -0.2) is 30.4 Å². The van der Waals surface area contributed by atoms with E-state index in [2.05, 4.69) is 10.6 Å². The van der Waals surface area contributed by atoms with Crippen molar-refractivity contribution in [2.24, 2.45) is 0 Å². The van der Waals surface area contributed by atoms with Crippen molar-refractivity contribution in [3.8, 4) is 5.75 Å². The first-order valence-electron chi connectivity index (χ1n) is 10.8. The van der Waals surface area contributed by atoms with Crippen LogP contribution in [0.25, 0.3) is 0 Å². The van der Waals surface area contributed by atoms with Crippen LogP contribution in [-0.2, 0) is 9.59 Å². The smallest absolute Gasteiger partial charge is 0.268 e. The lowest BCUT2D eigenvalue weighted by molar-refractivity contribution is -0.127. The number of nitrogens with one attached hydrogen (secondary N) is 2. The van der Waals surface area contributed by atoms with Crippen molar-refractivity contribution in [3.63, 3.8) is 0 Å². The number of rotatable bonds is 6. The fourth-order valence-corrected chi connectivity index (χ4v) is 3.74. The number of hydrogen-bond acceptors (Lipinski definition) is 4. The third-order valence-corrected chi connectivity index (χ3v) is 5.47. The van der Waals surface area contributed by atoms with E-state index < -0.39 is 12.0 Å². The number of para-hydroxylation sites is 3. The molecule has 0 saturated carbocycles. The minimum absolute atomic E-state index is 0.195. The summed E-state index contributed by atoms with van der Waals surface area (Å²) in [7, 11) is 0. The maximum atomic E-state index is 12.9. The van der Waals surface area contributed by atoms with E-state index in [1.807, 2.05) is 43.3 Å². The Labute approximate surface area is 192 Å². The van der Waals surface area contributed by atoms with E-state index in [0.717, 1.165) is 5.56 Å². The second-order valence-corrected chi connectivity index (χ2v) is 7.85. The highest BCUT2D eigenvalue weighted by Gasteiger charge is 2.32. The number of fused-ring (bicyclic) bond motifs is 1. The van der Waals surface area contributed by atoms with Crippen LogP contribution in [0.2, 0.25) is 0 Å².